The Labute approximate surface area is 182 Å². The molecule has 2 aliphatic rings. The third-order valence-electron chi connectivity index (χ3n) is 5.45. The number of hydrogen-bond acceptors (Lipinski definition) is 8. The SMILES string of the molecule is C=C(C)C(=O)OCC1=C(C(C)CCCOC(C)=O)C(OC(C)=O)C2C(=C)C(=O)OC2C1. The third-order valence-corrected chi connectivity index (χ3v) is 5.45. The van der Waals surface area contributed by atoms with Crippen LogP contribution in [0.3, 0.4) is 0 Å². The standard InChI is InChI=1S/C23H30O8/c1-12(2)22(26)29-11-17-10-18-20(14(4)23(27)31-18)21(30-16(6)25)19(17)13(3)8-7-9-28-15(5)24/h13,18,20-21H,1,4,7-11H2,2-3,5-6H3. The van der Waals surface area contributed by atoms with Crippen LogP contribution in [-0.2, 0) is 38.1 Å². The molecule has 0 amide bonds. The zero-order valence-electron chi connectivity index (χ0n) is 18.5. The van der Waals surface area contributed by atoms with Gasteiger partial charge in [-0.2, -0.15) is 0 Å². The average Bonchev–Trinajstić information content (AvgIpc) is 2.96. The van der Waals surface area contributed by atoms with E-state index in [1.54, 1.807) is 6.92 Å². The van der Waals surface area contributed by atoms with Gasteiger partial charge in [-0.1, -0.05) is 20.1 Å². The van der Waals surface area contributed by atoms with E-state index in [1.165, 1.54) is 13.8 Å². The van der Waals surface area contributed by atoms with Gasteiger partial charge in [0, 0.05) is 31.4 Å². The van der Waals surface area contributed by atoms with Gasteiger partial charge >= 0.3 is 23.9 Å². The fourth-order valence-corrected chi connectivity index (χ4v) is 4.07. The second-order valence-corrected chi connectivity index (χ2v) is 8.03. The number of fused-ring (bicyclic) bond motifs is 1. The van der Waals surface area contributed by atoms with Gasteiger partial charge in [0.1, 0.15) is 18.8 Å². The molecule has 1 fully saturated rings. The van der Waals surface area contributed by atoms with Crippen LogP contribution in [0.15, 0.2) is 35.5 Å². The highest BCUT2D eigenvalue weighted by molar-refractivity contribution is 5.91. The van der Waals surface area contributed by atoms with Crippen LogP contribution in [0.1, 0.15) is 47.0 Å². The topological polar surface area (TPSA) is 105 Å². The van der Waals surface area contributed by atoms with Crippen LogP contribution in [0.25, 0.3) is 0 Å². The number of esters is 4. The van der Waals surface area contributed by atoms with Gasteiger partial charge in [-0.3, -0.25) is 9.59 Å². The molecular formula is C23H30O8. The first kappa shape index (κ1) is 24.4. The van der Waals surface area contributed by atoms with E-state index in [2.05, 4.69) is 13.2 Å². The highest BCUT2D eigenvalue weighted by Gasteiger charge is 2.50. The van der Waals surface area contributed by atoms with Crippen LogP contribution in [0.2, 0.25) is 0 Å². The molecule has 0 saturated carbocycles. The maximum atomic E-state index is 12.2. The fourth-order valence-electron chi connectivity index (χ4n) is 4.07. The molecule has 8 nitrogen and oxygen atoms in total. The third kappa shape index (κ3) is 6.06. The number of rotatable bonds is 9. The highest BCUT2D eigenvalue weighted by Crippen LogP contribution is 2.45. The molecule has 0 aromatic heterocycles. The van der Waals surface area contributed by atoms with Crippen molar-refractivity contribution in [1.82, 2.24) is 0 Å². The Morgan fingerprint density at radius 2 is 1.84 bits per heavy atom. The minimum atomic E-state index is -0.752. The summed E-state index contributed by atoms with van der Waals surface area (Å²) in [5, 5.41) is 0. The van der Waals surface area contributed by atoms with E-state index in [0.717, 1.165) is 11.1 Å². The first-order chi connectivity index (χ1) is 14.5. The predicted octanol–water partition coefficient (Wildman–Crippen LogP) is 2.81. The van der Waals surface area contributed by atoms with Crippen LogP contribution < -0.4 is 0 Å². The van der Waals surface area contributed by atoms with Crippen molar-refractivity contribution in [1.29, 1.82) is 0 Å². The summed E-state index contributed by atoms with van der Waals surface area (Å²) in [6.07, 6.45) is 0.287. The van der Waals surface area contributed by atoms with Crippen molar-refractivity contribution in [3.8, 4) is 0 Å². The molecule has 1 aliphatic heterocycles. The van der Waals surface area contributed by atoms with Crippen molar-refractivity contribution < 1.29 is 38.1 Å². The van der Waals surface area contributed by atoms with E-state index >= 15 is 0 Å². The molecule has 0 aromatic carbocycles. The molecule has 0 spiro atoms. The van der Waals surface area contributed by atoms with Gasteiger partial charge in [0.05, 0.1) is 12.5 Å². The van der Waals surface area contributed by atoms with Crippen LogP contribution >= 0.6 is 0 Å². The molecule has 1 saturated heterocycles. The lowest BCUT2D eigenvalue weighted by atomic mass is 9.73. The highest BCUT2D eigenvalue weighted by atomic mass is 16.6. The summed E-state index contributed by atoms with van der Waals surface area (Å²) in [4.78, 5) is 47.0. The fraction of sp³-hybridized carbons (Fsp3) is 0.565. The van der Waals surface area contributed by atoms with Crippen molar-refractivity contribution >= 4 is 23.9 Å². The Morgan fingerprint density at radius 3 is 2.42 bits per heavy atom. The summed E-state index contributed by atoms with van der Waals surface area (Å²) in [5.41, 5.74) is 2.05. The van der Waals surface area contributed by atoms with Gasteiger partial charge < -0.3 is 18.9 Å². The lowest BCUT2D eigenvalue weighted by molar-refractivity contribution is -0.149. The quantitative estimate of drug-likeness (QED) is 0.179. The smallest absolute Gasteiger partial charge is 0.334 e. The van der Waals surface area contributed by atoms with E-state index in [9.17, 15) is 19.2 Å². The summed E-state index contributed by atoms with van der Waals surface area (Å²) in [5.74, 6) is -2.50. The van der Waals surface area contributed by atoms with Crippen molar-refractivity contribution in [2.45, 2.75) is 59.2 Å². The van der Waals surface area contributed by atoms with Crippen molar-refractivity contribution in [2.75, 3.05) is 13.2 Å². The number of carbonyl (C=O) groups is 4. The van der Waals surface area contributed by atoms with Crippen LogP contribution in [0, 0.1) is 11.8 Å². The number of ether oxygens (including phenoxy) is 4. The molecule has 4 atom stereocenters. The molecule has 1 aliphatic carbocycles. The van der Waals surface area contributed by atoms with E-state index in [0.29, 0.717) is 19.3 Å². The number of carbonyl (C=O) groups excluding carboxylic acids is 4. The maximum Gasteiger partial charge on any atom is 0.334 e. The minimum Gasteiger partial charge on any atom is -0.466 e. The monoisotopic (exact) mass is 434 g/mol. The summed E-state index contributed by atoms with van der Waals surface area (Å²) < 4.78 is 21.5. The molecule has 2 rings (SSSR count). The van der Waals surface area contributed by atoms with Crippen molar-refractivity contribution in [2.24, 2.45) is 11.8 Å². The molecular weight excluding hydrogens is 404 g/mol. The number of hydrogen-bond donors (Lipinski definition) is 0. The van der Waals surface area contributed by atoms with E-state index < -0.39 is 36.0 Å². The van der Waals surface area contributed by atoms with Crippen LogP contribution in [0.4, 0.5) is 0 Å². The average molecular weight is 434 g/mol. The summed E-state index contributed by atoms with van der Waals surface area (Å²) in [6, 6.07) is 0. The molecule has 4 unspecified atom stereocenters. The molecule has 0 bridgehead atoms. The molecule has 0 aromatic rings. The summed E-state index contributed by atoms with van der Waals surface area (Å²) in [6.45, 7) is 13.8. The first-order valence-electron chi connectivity index (χ1n) is 10.3. The van der Waals surface area contributed by atoms with Gasteiger partial charge in [0.15, 0.2) is 0 Å². The first-order valence-corrected chi connectivity index (χ1v) is 10.3. The van der Waals surface area contributed by atoms with Gasteiger partial charge in [0.2, 0.25) is 0 Å². The zero-order chi connectivity index (χ0) is 23.3. The van der Waals surface area contributed by atoms with E-state index in [-0.39, 0.29) is 36.2 Å². The normalized spacial score (nSPS) is 23.5. The van der Waals surface area contributed by atoms with Crippen molar-refractivity contribution in [3.05, 3.63) is 35.5 Å². The largest absolute Gasteiger partial charge is 0.466 e. The molecule has 170 valence electrons. The molecule has 1 heterocycles. The van der Waals surface area contributed by atoms with E-state index in [1.807, 2.05) is 6.92 Å². The lowest BCUT2D eigenvalue weighted by Crippen LogP contribution is -2.41. The van der Waals surface area contributed by atoms with Crippen molar-refractivity contribution in [3.63, 3.8) is 0 Å². The molecule has 8 heteroatoms. The summed E-state index contributed by atoms with van der Waals surface area (Å²) in [7, 11) is 0. The lowest BCUT2D eigenvalue weighted by Gasteiger charge is -2.38. The molecule has 31 heavy (non-hydrogen) atoms. The Hall–Kier alpha value is -2.90. The van der Waals surface area contributed by atoms with Gasteiger partial charge in [-0.05, 0) is 36.8 Å². The predicted molar refractivity (Wildman–Crippen MR) is 111 cm³/mol. The summed E-state index contributed by atoms with van der Waals surface area (Å²) >= 11 is 0. The minimum absolute atomic E-state index is 0.0275. The van der Waals surface area contributed by atoms with Gasteiger partial charge in [-0.25, -0.2) is 9.59 Å². The molecule has 0 N–H and O–H groups in total. The maximum absolute atomic E-state index is 12.2. The second kappa shape index (κ2) is 10.4. The Morgan fingerprint density at radius 1 is 1.16 bits per heavy atom. The second-order valence-electron chi connectivity index (χ2n) is 8.03. The Kier molecular flexibility index (Phi) is 8.19. The molecule has 0 radical (unpaired) electrons. The Balaban J connectivity index is 2.36. The van der Waals surface area contributed by atoms with Gasteiger partial charge in [-0.15, -0.1) is 0 Å². The zero-order valence-corrected chi connectivity index (χ0v) is 18.5. The van der Waals surface area contributed by atoms with Crippen LogP contribution in [-0.4, -0.2) is 49.3 Å². The van der Waals surface area contributed by atoms with E-state index in [4.69, 9.17) is 18.9 Å². The van der Waals surface area contributed by atoms with Crippen LogP contribution in [0.5, 0.6) is 0 Å². The van der Waals surface area contributed by atoms with Gasteiger partial charge in [0.25, 0.3) is 0 Å². The Bertz CT molecular complexity index is 821.